The van der Waals surface area contributed by atoms with Crippen LogP contribution < -0.4 is 11.1 Å². The Morgan fingerprint density at radius 1 is 1.10 bits per heavy atom. The molecule has 0 atom stereocenters. The van der Waals surface area contributed by atoms with Crippen LogP contribution in [0.25, 0.3) is 0 Å². The Labute approximate surface area is 117 Å². The molecule has 0 saturated heterocycles. The zero-order chi connectivity index (χ0) is 14.9. The van der Waals surface area contributed by atoms with Crippen molar-refractivity contribution in [2.45, 2.75) is 0 Å². The molecule has 0 aliphatic carbocycles. The van der Waals surface area contributed by atoms with Crippen LogP contribution in [0.5, 0.6) is 0 Å². The van der Waals surface area contributed by atoms with Crippen molar-refractivity contribution in [3.05, 3.63) is 58.4 Å². The zero-order valence-electron chi connectivity index (χ0n) is 9.88. The minimum atomic E-state index is -1.67. The van der Waals surface area contributed by atoms with Crippen molar-refractivity contribution < 1.29 is 18.0 Å². The fraction of sp³-hybridized carbons (Fsp3) is 0. The molecule has 0 fully saturated rings. The molecule has 2 aromatic carbocycles. The molecule has 0 aromatic heterocycles. The van der Waals surface area contributed by atoms with Crippen LogP contribution in [0.2, 0.25) is 5.02 Å². The molecule has 0 radical (unpaired) electrons. The first-order valence-electron chi connectivity index (χ1n) is 5.40. The summed E-state index contributed by atoms with van der Waals surface area (Å²) in [4.78, 5) is 11.9. The summed E-state index contributed by atoms with van der Waals surface area (Å²) in [5.74, 6) is -5.34. The molecule has 0 heterocycles. The van der Waals surface area contributed by atoms with Gasteiger partial charge in [-0.25, -0.2) is 13.2 Å². The molecular weight excluding hydrogens is 293 g/mol. The molecule has 0 aliphatic rings. The summed E-state index contributed by atoms with van der Waals surface area (Å²) in [5.41, 5.74) is 5.10. The lowest BCUT2D eigenvalue weighted by Crippen LogP contribution is -2.16. The van der Waals surface area contributed by atoms with Gasteiger partial charge < -0.3 is 11.1 Å². The highest BCUT2D eigenvalue weighted by molar-refractivity contribution is 6.35. The van der Waals surface area contributed by atoms with Crippen LogP contribution in [0.1, 0.15) is 10.4 Å². The van der Waals surface area contributed by atoms with Crippen LogP contribution in [-0.4, -0.2) is 5.91 Å². The maximum atomic E-state index is 13.4. The second kappa shape index (κ2) is 5.42. The van der Waals surface area contributed by atoms with E-state index in [1.165, 1.54) is 18.2 Å². The molecule has 7 heteroatoms. The summed E-state index contributed by atoms with van der Waals surface area (Å²) in [6.45, 7) is 0. The van der Waals surface area contributed by atoms with Gasteiger partial charge in [-0.05, 0) is 24.3 Å². The van der Waals surface area contributed by atoms with Crippen molar-refractivity contribution in [1.29, 1.82) is 0 Å². The molecule has 20 heavy (non-hydrogen) atoms. The molecule has 2 aromatic rings. The monoisotopic (exact) mass is 300 g/mol. The number of hydrogen-bond donors (Lipinski definition) is 2. The van der Waals surface area contributed by atoms with Gasteiger partial charge in [0.15, 0.2) is 17.5 Å². The van der Waals surface area contributed by atoms with Gasteiger partial charge in [-0.1, -0.05) is 17.7 Å². The number of amides is 1. The molecule has 2 rings (SSSR count). The van der Waals surface area contributed by atoms with Crippen LogP contribution in [0.4, 0.5) is 24.5 Å². The number of rotatable bonds is 2. The maximum Gasteiger partial charge on any atom is 0.259 e. The normalized spacial score (nSPS) is 10.4. The molecule has 104 valence electrons. The fourth-order valence-electron chi connectivity index (χ4n) is 1.59. The van der Waals surface area contributed by atoms with Gasteiger partial charge in [0.2, 0.25) is 0 Å². The van der Waals surface area contributed by atoms with Crippen molar-refractivity contribution in [3.8, 4) is 0 Å². The van der Waals surface area contributed by atoms with E-state index >= 15 is 0 Å². The number of benzene rings is 2. The predicted octanol–water partition coefficient (Wildman–Crippen LogP) is 3.59. The molecule has 1 amide bonds. The van der Waals surface area contributed by atoms with E-state index in [1.54, 1.807) is 0 Å². The second-order valence-electron chi connectivity index (χ2n) is 3.88. The number of hydrogen-bond acceptors (Lipinski definition) is 2. The van der Waals surface area contributed by atoms with Gasteiger partial charge in [-0.15, -0.1) is 0 Å². The number of halogens is 4. The van der Waals surface area contributed by atoms with Gasteiger partial charge in [0.05, 0.1) is 16.3 Å². The molecule has 3 nitrogen and oxygen atoms in total. The van der Waals surface area contributed by atoms with Crippen molar-refractivity contribution in [2.75, 3.05) is 11.1 Å². The second-order valence-corrected chi connectivity index (χ2v) is 4.29. The van der Waals surface area contributed by atoms with Crippen molar-refractivity contribution >= 4 is 28.9 Å². The van der Waals surface area contributed by atoms with Crippen LogP contribution >= 0.6 is 11.6 Å². The highest BCUT2D eigenvalue weighted by atomic mass is 35.5. The van der Waals surface area contributed by atoms with E-state index in [0.717, 1.165) is 6.07 Å². The zero-order valence-corrected chi connectivity index (χ0v) is 10.6. The third-order valence-corrected chi connectivity index (χ3v) is 2.87. The average molecular weight is 301 g/mol. The van der Waals surface area contributed by atoms with E-state index in [1.807, 2.05) is 0 Å². The van der Waals surface area contributed by atoms with Crippen LogP contribution in [0.15, 0.2) is 30.3 Å². The number of nitrogens with two attached hydrogens (primary N) is 1. The molecule has 0 aliphatic heterocycles. The summed E-state index contributed by atoms with van der Waals surface area (Å²) in [7, 11) is 0. The molecular formula is C13H8ClF3N2O. The maximum absolute atomic E-state index is 13.4. The summed E-state index contributed by atoms with van der Waals surface area (Å²) in [5, 5.41) is 2.15. The lowest BCUT2D eigenvalue weighted by Gasteiger charge is -2.10. The Morgan fingerprint density at radius 2 is 1.80 bits per heavy atom. The lowest BCUT2D eigenvalue weighted by atomic mass is 10.1. The largest absolute Gasteiger partial charge is 0.398 e. The van der Waals surface area contributed by atoms with Gasteiger partial charge in [-0.3, -0.25) is 4.79 Å². The number of anilines is 2. The van der Waals surface area contributed by atoms with Gasteiger partial charge in [-0.2, -0.15) is 0 Å². The Hall–Kier alpha value is -2.21. The van der Waals surface area contributed by atoms with Crippen LogP contribution in [0.3, 0.4) is 0 Å². The number of nitrogens with one attached hydrogen (secondary N) is 1. The third kappa shape index (κ3) is 2.55. The third-order valence-electron chi connectivity index (χ3n) is 2.56. The highest BCUT2D eigenvalue weighted by Gasteiger charge is 2.18. The van der Waals surface area contributed by atoms with Gasteiger partial charge in [0.1, 0.15) is 0 Å². The highest BCUT2D eigenvalue weighted by Crippen LogP contribution is 2.25. The van der Waals surface area contributed by atoms with Gasteiger partial charge in [0.25, 0.3) is 5.91 Å². The smallest absolute Gasteiger partial charge is 0.259 e. The predicted molar refractivity (Wildman–Crippen MR) is 70.1 cm³/mol. The first kappa shape index (κ1) is 14.2. The first-order chi connectivity index (χ1) is 9.41. The van der Waals surface area contributed by atoms with E-state index < -0.39 is 29.0 Å². The average Bonchev–Trinajstić information content (AvgIpc) is 2.39. The van der Waals surface area contributed by atoms with E-state index in [-0.39, 0.29) is 16.3 Å². The molecule has 0 bridgehead atoms. The number of nitrogen functional groups attached to an aromatic ring is 1. The van der Waals surface area contributed by atoms with Crippen molar-refractivity contribution in [1.82, 2.24) is 0 Å². The van der Waals surface area contributed by atoms with Crippen LogP contribution in [0, 0.1) is 17.5 Å². The van der Waals surface area contributed by atoms with Gasteiger partial charge in [0, 0.05) is 5.69 Å². The Kier molecular flexibility index (Phi) is 3.85. The first-order valence-corrected chi connectivity index (χ1v) is 5.78. The topological polar surface area (TPSA) is 55.1 Å². The Bertz CT molecular complexity index is 671. The standard InChI is InChI=1S/C13H8ClF3N2O/c14-6-2-1-3-8(18)10(6)13(20)19-9-5-4-7(15)11(16)12(9)17/h1-5H,18H2,(H,19,20). The summed E-state index contributed by atoms with van der Waals surface area (Å²) in [6.07, 6.45) is 0. The molecule has 0 spiro atoms. The summed E-state index contributed by atoms with van der Waals surface area (Å²) < 4.78 is 39.3. The molecule has 3 N–H and O–H groups in total. The molecule has 0 saturated carbocycles. The summed E-state index contributed by atoms with van der Waals surface area (Å²) in [6, 6.07) is 5.99. The van der Waals surface area contributed by atoms with E-state index in [4.69, 9.17) is 17.3 Å². The van der Waals surface area contributed by atoms with Gasteiger partial charge >= 0.3 is 0 Å². The fourth-order valence-corrected chi connectivity index (χ4v) is 1.86. The Morgan fingerprint density at radius 3 is 2.45 bits per heavy atom. The van der Waals surface area contributed by atoms with Crippen molar-refractivity contribution in [3.63, 3.8) is 0 Å². The quantitative estimate of drug-likeness (QED) is 0.658. The number of carbonyl (C=O) groups is 1. The number of carbonyl (C=O) groups excluding carboxylic acids is 1. The lowest BCUT2D eigenvalue weighted by molar-refractivity contribution is 0.102. The van der Waals surface area contributed by atoms with E-state index in [9.17, 15) is 18.0 Å². The summed E-state index contributed by atoms with van der Waals surface area (Å²) >= 11 is 5.82. The van der Waals surface area contributed by atoms with Crippen LogP contribution in [-0.2, 0) is 0 Å². The SMILES string of the molecule is Nc1cccc(Cl)c1C(=O)Nc1ccc(F)c(F)c1F. The van der Waals surface area contributed by atoms with E-state index in [0.29, 0.717) is 6.07 Å². The van der Waals surface area contributed by atoms with Crippen molar-refractivity contribution in [2.24, 2.45) is 0 Å². The minimum absolute atomic E-state index is 0.0606. The minimum Gasteiger partial charge on any atom is -0.398 e. The van der Waals surface area contributed by atoms with E-state index in [2.05, 4.69) is 5.32 Å². The Balaban J connectivity index is 2.36. The molecule has 0 unspecified atom stereocenters.